The van der Waals surface area contributed by atoms with Crippen molar-refractivity contribution in [2.45, 2.75) is 19.4 Å². The number of amides is 1. The van der Waals surface area contributed by atoms with Gasteiger partial charge in [0.25, 0.3) is 0 Å². The Morgan fingerprint density at radius 2 is 2.30 bits per heavy atom. The third-order valence-corrected chi connectivity index (χ3v) is 1.10. The first kappa shape index (κ1) is 9.39. The summed E-state index contributed by atoms with van der Waals surface area (Å²) in [4.78, 5) is 10.7. The zero-order valence-electron chi connectivity index (χ0n) is 6.00. The van der Waals surface area contributed by atoms with Crippen molar-refractivity contribution in [3.63, 3.8) is 0 Å². The second-order valence-electron chi connectivity index (χ2n) is 1.94. The maximum atomic E-state index is 10.7. The summed E-state index contributed by atoms with van der Waals surface area (Å²) < 4.78 is 0. The fourth-order valence-electron chi connectivity index (χ4n) is 0.482. The molecule has 0 aromatic carbocycles. The van der Waals surface area contributed by atoms with E-state index in [2.05, 4.69) is 5.32 Å². The molecule has 0 saturated heterocycles. The number of aliphatic hydroxyl groups is 2. The summed E-state index contributed by atoms with van der Waals surface area (Å²) in [6.07, 6.45) is -0.538. The molecule has 60 valence electrons. The number of hydrogen-bond donors (Lipinski definition) is 3. The van der Waals surface area contributed by atoms with Crippen molar-refractivity contribution in [3.05, 3.63) is 0 Å². The summed E-state index contributed by atoms with van der Waals surface area (Å²) in [6, 6.07) is 0. The van der Waals surface area contributed by atoms with Crippen LogP contribution in [-0.2, 0) is 4.79 Å². The fraction of sp³-hybridized carbons (Fsp3) is 0.833. The zero-order valence-corrected chi connectivity index (χ0v) is 6.00. The second kappa shape index (κ2) is 5.20. The van der Waals surface area contributed by atoms with Crippen molar-refractivity contribution in [2.75, 3.05) is 13.2 Å². The Kier molecular flexibility index (Phi) is 4.88. The van der Waals surface area contributed by atoms with Gasteiger partial charge in [-0.1, -0.05) is 6.92 Å². The summed E-state index contributed by atoms with van der Waals surface area (Å²) in [5.74, 6) is -0.420. The second-order valence-corrected chi connectivity index (χ2v) is 1.94. The molecule has 0 bridgehead atoms. The summed E-state index contributed by atoms with van der Waals surface area (Å²) in [7, 11) is 0. The zero-order chi connectivity index (χ0) is 7.98. The van der Waals surface area contributed by atoms with Crippen LogP contribution in [-0.4, -0.2) is 35.4 Å². The fourth-order valence-corrected chi connectivity index (χ4v) is 0.482. The van der Waals surface area contributed by atoms with Crippen molar-refractivity contribution in [2.24, 2.45) is 0 Å². The molecule has 4 heteroatoms. The molecule has 0 aliphatic carbocycles. The lowest BCUT2D eigenvalue weighted by atomic mass is 10.2. The van der Waals surface area contributed by atoms with Crippen LogP contribution in [0.25, 0.3) is 0 Å². The van der Waals surface area contributed by atoms with Crippen LogP contribution in [0.3, 0.4) is 0 Å². The average molecular weight is 147 g/mol. The van der Waals surface area contributed by atoms with E-state index < -0.39 is 12.0 Å². The maximum absolute atomic E-state index is 10.7. The van der Waals surface area contributed by atoms with Gasteiger partial charge in [-0.15, -0.1) is 0 Å². The first-order chi connectivity index (χ1) is 4.72. The minimum Gasteiger partial charge on any atom is -0.395 e. The first-order valence-corrected chi connectivity index (χ1v) is 3.29. The van der Waals surface area contributed by atoms with Crippen molar-refractivity contribution in [1.82, 2.24) is 5.32 Å². The number of aliphatic hydroxyl groups excluding tert-OH is 2. The van der Waals surface area contributed by atoms with Crippen molar-refractivity contribution < 1.29 is 15.0 Å². The molecule has 1 unspecified atom stereocenters. The van der Waals surface area contributed by atoms with Crippen LogP contribution in [0.5, 0.6) is 0 Å². The molecule has 0 spiro atoms. The molecule has 4 nitrogen and oxygen atoms in total. The number of carbonyl (C=O) groups excluding carboxylic acids is 1. The van der Waals surface area contributed by atoms with Crippen LogP contribution in [0.2, 0.25) is 0 Å². The predicted octanol–water partition coefficient (Wildman–Crippen LogP) is -1.13. The van der Waals surface area contributed by atoms with Crippen molar-refractivity contribution in [3.8, 4) is 0 Å². The molecule has 0 rings (SSSR count). The van der Waals surface area contributed by atoms with E-state index in [1.54, 1.807) is 6.92 Å². The normalized spacial score (nSPS) is 12.7. The maximum Gasteiger partial charge on any atom is 0.248 e. The average Bonchev–Trinajstić information content (AvgIpc) is 1.98. The molecule has 1 amide bonds. The summed E-state index contributed by atoms with van der Waals surface area (Å²) in [6.45, 7) is 1.82. The van der Waals surface area contributed by atoms with Gasteiger partial charge in [0.1, 0.15) is 6.10 Å². The molecule has 0 fully saturated rings. The molecule has 0 aliphatic rings. The summed E-state index contributed by atoms with van der Waals surface area (Å²) in [5.41, 5.74) is 0. The molecule has 0 saturated carbocycles. The van der Waals surface area contributed by atoms with E-state index in [1.165, 1.54) is 0 Å². The van der Waals surface area contributed by atoms with Gasteiger partial charge in [0.15, 0.2) is 0 Å². The Bertz CT molecular complexity index is 105. The summed E-state index contributed by atoms with van der Waals surface area (Å²) >= 11 is 0. The van der Waals surface area contributed by atoms with E-state index in [1.807, 2.05) is 0 Å². The van der Waals surface area contributed by atoms with E-state index in [0.717, 1.165) is 0 Å². The topological polar surface area (TPSA) is 69.6 Å². The molecule has 0 aliphatic heterocycles. The molecule has 1 atom stereocenters. The van der Waals surface area contributed by atoms with E-state index in [0.29, 0.717) is 6.42 Å². The van der Waals surface area contributed by atoms with Crippen molar-refractivity contribution in [1.29, 1.82) is 0 Å². The first-order valence-electron chi connectivity index (χ1n) is 3.29. The van der Waals surface area contributed by atoms with Gasteiger partial charge in [-0.25, -0.2) is 0 Å². The van der Waals surface area contributed by atoms with E-state index >= 15 is 0 Å². The molecule has 0 aromatic heterocycles. The molecule has 0 heterocycles. The van der Waals surface area contributed by atoms with Gasteiger partial charge in [0.05, 0.1) is 6.61 Å². The summed E-state index contributed by atoms with van der Waals surface area (Å²) in [5, 5.41) is 19.5. The largest absolute Gasteiger partial charge is 0.395 e. The Morgan fingerprint density at radius 1 is 1.70 bits per heavy atom. The Balaban J connectivity index is 3.42. The lowest BCUT2D eigenvalue weighted by Crippen LogP contribution is -2.35. The van der Waals surface area contributed by atoms with Gasteiger partial charge in [-0.2, -0.15) is 0 Å². The number of hydrogen-bond acceptors (Lipinski definition) is 3. The molecule has 10 heavy (non-hydrogen) atoms. The van der Waals surface area contributed by atoms with Gasteiger partial charge in [0, 0.05) is 6.54 Å². The van der Waals surface area contributed by atoms with Crippen LogP contribution in [0.15, 0.2) is 0 Å². The standard InChI is InChI=1S/C6H13NO3/c1-2-5(9)6(10)7-3-4-8/h5,8-9H,2-4H2,1H3,(H,7,10). The SMILES string of the molecule is CCC(O)C(=O)NCCO. The lowest BCUT2D eigenvalue weighted by Gasteiger charge is -2.06. The smallest absolute Gasteiger partial charge is 0.248 e. The Morgan fingerprint density at radius 3 is 2.70 bits per heavy atom. The number of nitrogens with one attached hydrogen (secondary N) is 1. The lowest BCUT2D eigenvalue weighted by molar-refractivity contribution is -0.129. The predicted molar refractivity (Wildman–Crippen MR) is 36.4 cm³/mol. The Hall–Kier alpha value is -0.610. The van der Waals surface area contributed by atoms with E-state index in [9.17, 15) is 4.79 Å². The highest BCUT2D eigenvalue weighted by atomic mass is 16.3. The van der Waals surface area contributed by atoms with Gasteiger partial charge in [-0.05, 0) is 6.42 Å². The van der Waals surface area contributed by atoms with E-state index in [-0.39, 0.29) is 13.2 Å². The highest BCUT2D eigenvalue weighted by Crippen LogP contribution is 1.87. The third kappa shape index (κ3) is 3.42. The van der Waals surface area contributed by atoms with Crippen LogP contribution < -0.4 is 5.32 Å². The highest BCUT2D eigenvalue weighted by molar-refractivity contribution is 5.80. The monoisotopic (exact) mass is 147 g/mol. The van der Waals surface area contributed by atoms with Gasteiger partial charge in [-0.3, -0.25) is 4.79 Å². The molecular formula is C6H13NO3. The third-order valence-electron chi connectivity index (χ3n) is 1.10. The van der Waals surface area contributed by atoms with Crippen LogP contribution in [0.1, 0.15) is 13.3 Å². The molecule has 3 N–H and O–H groups in total. The number of carbonyl (C=O) groups is 1. The Labute approximate surface area is 59.9 Å². The minimum atomic E-state index is -0.938. The molecular weight excluding hydrogens is 134 g/mol. The highest BCUT2D eigenvalue weighted by Gasteiger charge is 2.09. The van der Waals surface area contributed by atoms with Crippen LogP contribution >= 0.6 is 0 Å². The molecule has 0 radical (unpaired) electrons. The number of rotatable bonds is 4. The van der Waals surface area contributed by atoms with Crippen molar-refractivity contribution >= 4 is 5.91 Å². The van der Waals surface area contributed by atoms with Crippen LogP contribution in [0.4, 0.5) is 0 Å². The van der Waals surface area contributed by atoms with Gasteiger partial charge < -0.3 is 15.5 Å². The van der Waals surface area contributed by atoms with E-state index in [4.69, 9.17) is 10.2 Å². The van der Waals surface area contributed by atoms with Crippen LogP contribution in [0, 0.1) is 0 Å². The van der Waals surface area contributed by atoms with Gasteiger partial charge in [0.2, 0.25) is 5.91 Å². The quantitative estimate of drug-likeness (QED) is 0.471. The minimum absolute atomic E-state index is 0.0951. The molecule has 0 aromatic rings. The van der Waals surface area contributed by atoms with Gasteiger partial charge >= 0.3 is 0 Å².